The zero-order valence-electron chi connectivity index (χ0n) is 19.5. The SMILES string of the molecule is CN(C)CCOc1cncc(-c2ccc3[nH]nc(-c4nc5nccc(-c6ccc(Cl)s6)c5[nH]4)c3n2)c1. The van der Waals surface area contributed by atoms with Crippen LogP contribution in [-0.4, -0.2) is 67.3 Å². The fraction of sp³-hybridized carbons (Fsp3) is 0.160. The van der Waals surface area contributed by atoms with Gasteiger partial charge in [0, 0.05) is 34.9 Å². The van der Waals surface area contributed by atoms with Crippen LogP contribution >= 0.6 is 22.9 Å². The van der Waals surface area contributed by atoms with E-state index in [1.165, 1.54) is 11.3 Å². The highest BCUT2D eigenvalue weighted by atomic mass is 35.5. The molecule has 0 atom stereocenters. The third-order valence-corrected chi connectivity index (χ3v) is 6.94. The van der Waals surface area contributed by atoms with Gasteiger partial charge < -0.3 is 14.6 Å². The van der Waals surface area contributed by atoms with Crippen molar-refractivity contribution in [2.45, 2.75) is 0 Å². The average molecular weight is 517 g/mol. The van der Waals surface area contributed by atoms with Gasteiger partial charge in [-0.25, -0.2) is 15.0 Å². The third kappa shape index (κ3) is 4.30. The number of hydrogen-bond donors (Lipinski definition) is 2. The topological polar surface area (TPSA) is 109 Å². The zero-order valence-corrected chi connectivity index (χ0v) is 21.1. The number of H-pyrrole nitrogens is 2. The molecule has 6 aromatic heterocycles. The molecule has 0 saturated carbocycles. The smallest absolute Gasteiger partial charge is 0.178 e. The number of likely N-dealkylation sites (N-methyl/N-ethyl adjacent to an activating group) is 1. The molecule has 2 N–H and O–H groups in total. The van der Waals surface area contributed by atoms with Crippen LogP contribution in [0.15, 0.2) is 55.0 Å². The van der Waals surface area contributed by atoms with Crippen LogP contribution in [0.4, 0.5) is 0 Å². The van der Waals surface area contributed by atoms with E-state index in [1.54, 1.807) is 18.6 Å². The molecular formula is C25H21ClN8OS. The number of aromatic nitrogens is 7. The Hall–Kier alpha value is -3.86. The molecule has 0 aliphatic carbocycles. The minimum absolute atomic E-state index is 0.580. The molecule has 6 rings (SSSR count). The lowest BCUT2D eigenvalue weighted by Gasteiger charge is -2.11. The van der Waals surface area contributed by atoms with E-state index < -0.39 is 0 Å². The van der Waals surface area contributed by atoms with Crippen molar-refractivity contribution < 1.29 is 4.74 Å². The number of pyridine rings is 3. The largest absolute Gasteiger partial charge is 0.491 e. The fourth-order valence-electron chi connectivity index (χ4n) is 3.90. The first-order valence-corrected chi connectivity index (χ1v) is 12.4. The molecule has 9 nitrogen and oxygen atoms in total. The summed E-state index contributed by atoms with van der Waals surface area (Å²) in [5, 5.41) is 7.56. The van der Waals surface area contributed by atoms with E-state index >= 15 is 0 Å². The number of nitrogens with zero attached hydrogens (tertiary/aromatic N) is 6. The van der Waals surface area contributed by atoms with Crippen LogP contribution in [0.1, 0.15) is 0 Å². The molecule has 0 bridgehead atoms. The van der Waals surface area contributed by atoms with Gasteiger partial charge in [-0.15, -0.1) is 11.3 Å². The minimum atomic E-state index is 0.580. The van der Waals surface area contributed by atoms with E-state index in [2.05, 4.69) is 30.0 Å². The van der Waals surface area contributed by atoms with Crippen molar-refractivity contribution in [2.24, 2.45) is 0 Å². The number of rotatable bonds is 7. The highest BCUT2D eigenvalue weighted by Crippen LogP contribution is 2.35. The van der Waals surface area contributed by atoms with Gasteiger partial charge in [-0.3, -0.25) is 10.1 Å². The van der Waals surface area contributed by atoms with Gasteiger partial charge in [0.15, 0.2) is 17.2 Å². The molecule has 180 valence electrons. The molecule has 0 fully saturated rings. The monoisotopic (exact) mass is 516 g/mol. The van der Waals surface area contributed by atoms with Crippen LogP contribution in [0.25, 0.3) is 55.4 Å². The molecule has 0 aliphatic heterocycles. The number of fused-ring (bicyclic) bond motifs is 2. The molecule has 0 unspecified atom stereocenters. The van der Waals surface area contributed by atoms with E-state index in [0.29, 0.717) is 35.0 Å². The Balaban J connectivity index is 1.37. The van der Waals surface area contributed by atoms with Gasteiger partial charge in [-0.2, -0.15) is 5.10 Å². The summed E-state index contributed by atoms with van der Waals surface area (Å²) in [7, 11) is 4.02. The van der Waals surface area contributed by atoms with Crippen molar-refractivity contribution in [1.82, 2.24) is 40.0 Å². The number of ether oxygens (including phenoxy) is 1. The lowest BCUT2D eigenvalue weighted by Crippen LogP contribution is -2.19. The Morgan fingerprint density at radius 2 is 2.00 bits per heavy atom. The molecule has 0 aromatic carbocycles. The third-order valence-electron chi connectivity index (χ3n) is 5.68. The summed E-state index contributed by atoms with van der Waals surface area (Å²) < 4.78 is 6.58. The van der Waals surface area contributed by atoms with Crippen molar-refractivity contribution in [1.29, 1.82) is 0 Å². The Morgan fingerprint density at radius 3 is 2.83 bits per heavy atom. The minimum Gasteiger partial charge on any atom is -0.491 e. The molecule has 0 amide bonds. The van der Waals surface area contributed by atoms with Gasteiger partial charge in [0.1, 0.15) is 17.9 Å². The van der Waals surface area contributed by atoms with Gasteiger partial charge in [0.2, 0.25) is 0 Å². The first-order valence-electron chi connectivity index (χ1n) is 11.2. The number of aromatic amines is 2. The second-order valence-electron chi connectivity index (χ2n) is 8.47. The van der Waals surface area contributed by atoms with E-state index in [4.69, 9.17) is 26.3 Å². The quantitative estimate of drug-likeness (QED) is 0.297. The molecule has 6 heterocycles. The van der Waals surface area contributed by atoms with Crippen LogP contribution in [0, 0.1) is 0 Å². The Morgan fingerprint density at radius 1 is 1.08 bits per heavy atom. The zero-order chi connectivity index (χ0) is 24.6. The van der Waals surface area contributed by atoms with Gasteiger partial charge >= 0.3 is 0 Å². The van der Waals surface area contributed by atoms with Crippen LogP contribution in [0.5, 0.6) is 5.75 Å². The van der Waals surface area contributed by atoms with E-state index in [-0.39, 0.29) is 0 Å². The molecule has 0 aliphatic rings. The highest BCUT2D eigenvalue weighted by molar-refractivity contribution is 7.19. The first kappa shape index (κ1) is 22.6. The van der Waals surface area contributed by atoms with Crippen molar-refractivity contribution in [3.8, 4) is 39.0 Å². The van der Waals surface area contributed by atoms with Gasteiger partial charge in [0.05, 0.1) is 27.3 Å². The number of thiophene rings is 1. The summed E-state index contributed by atoms with van der Waals surface area (Å²) in [5.41, 5.74) is 6.15. The molecule has 0 spiro atoms. The first-order chi connectivity index (χ1) is 17.5. The second kappa shape index (κ2) is 9.30. The normalized spacial score (nSPS) is 11.7. The molecule has 0 radical (unpaired) electrons. The lowest BCUT2D eigenvalue weighted by molar-refractivity contribution is 0.261. The predicted octanol–water partition coefficient (Wildman–Crippen LogP) is 5.28. The van der Waals surface area contributed by atoms with Crippen LogP contribution in [0.2, 0.25) is 4.34 Å². The van der Waals surface area contributed by atoms with Crippen molar-refractivity contribution in [3.05, 3.63) is 59.3 Å². The molecule has 36 heavy (non-hydrogen) atoms. The second-order valence-corrected chi connectivity index (χ2v) is 10.2. The average Bonchev–Trinajstić information content (AvgIpc) is 3.61. The summed E-state index contributed by atoms with van der Waals surface area (Å²) >= 11 is 7.68. The maximum absolute atomic E-state index is 6.17. The molecule has 6 aromatic rings. The van der Waals surface area contributed by atoms with Gasteiger partial charge in [-0.05, 0) is 50.5 Å². The Kier molecular flexibility index (Phi) is 5.84. The van der Waals surface area contributed by atoms with Gasteiger partial charge in [-0.1, -0.05) is 11.6 Å². The summed E-state index contributed by atoms with van der Waals surface area (Å²) in [4.78, 5) is 24.9. The molecule has 11 heteroatoms. The summed E-state index contributed by atoms with van der Waals surface area (Å²) in [6, 6.07) is 11.7. The van der Waals surface area contributed by atoms with E-state index in [1.807, 2.05) is 50.5 Å². The summed E-state index contributed by atoms with van der Waals surface area (Å²) in [5.74, 6) is 1.29. The molecular weight excluding hydrogens is 496 g/mol. The maximum Gasteiger partial charge on any atom is 0.178 e. The number of imidazole rings is 1. The number of hydrogen-bond acceptors (Lipinski definition) is 8. The highest BCUT2D eigenvalue weighted by Gasteiger charge is 2.18. The van der Waals surface area contributed by atoms with Crippen LogP contribution < -0.4 is 4.74 Å². The lowest BCUT2D eigenvalue weighted by atomic mass is 10.1. The Labute approximate surface area is 215 Å². The van der Waals surface area contributed by atoms with Crippen molar-refractivity contribution >= 4 is 45.1 Å². The van der Waals surface area contributed by atoms with Crippen molar-refractivity contribution in [3.63, 3.8) is 0 Å². The van der Waals surface area contributed by atoms with Crippen LogP contribution in [-0.2, 0) is 0 Å². The molecule has 0 saturated heterocycles. The standard InChI is InChI=1S/C25H21ClN8OS/c1-34(2)9-10-35-15-11-14(12-27-13-15)17-3-4-18-22(29-17)23(33-32-18)25-30-21-16(7-8-28-24(21)31-25)19-5-6-20(26)36-19/h3-8,11-13H,9-10H2,1-2H3,(H,32,33)(H,28,30,31). The maximum atomic E-state index is 6.17. The predicted molar refractivity (Wildman–Crippen MR) is 142 cm³/mol. The Bertz CT molecular complexity index is 1690. The van der Waals surface area contributed by atoms with Gasteiger partial charge in [0.25, 0.3) is 0 Å². The number of nitrogens with one attached hydrogen (secondary N) is 2. The van der Waals surface area contributed by atoms with E-state index in [9.17, 15) is 0 Å². The summed E-state index contributed by atoms with van der Waals surface area (Å²) in [6.07, 6.45) is 5.23. The van der Waals surface area contributed by atoms with Crippen molar-refractivity contribution in [2.75, 3.05) is 27.2 Å². The number of halogens is 1. The summed E-state index contributed by atoms with van der Waals surface area (Å²) in [6.45, 7) is 1.40. The van der Waals surface area contributed by atoms with Crippen LogP contribution in [0.3, 0.4) is 0 Å². The fourth-order valence-corrected chi connectivity index (χ4v) is 4.97. The van der Waals surface area contributed by atoms with E-state index in [0.717, 1.165) is 43.6 Å².